The predicted octanol–water partition coefficient (Wildman–Crippen LogP) is 9.15. The van der Waals surface area contributed by atoms with Crippen LogP contribution in [0.3, 0.4) is 0 Å². The lowest BCUT2D eigenvalue weighted by molar-refractivity contribution is -0.679. The molecule has 0 saturated carbocycles. The summed E-state index contributed by atoms with van der Waals surface area (Å²) in [5.74, 6) is 2.17. The molecule has 0 radical (unpaired) electrons. The van der Waals surface area contributed by atoms with Crippen LogP contribution in [-0.2, 0) is 7.05 Å². The van der Waals surface area contributed by atoms with Crippen LogP contribution in [0.15, 0.2) is 12.4 Å². The van der Waals surface area contributed by atoms with Gasteiger partial charge in [0.15, 0.2) is 0 Å². The minimum Gasteiger partial charge on any atom is -0.247 e. The molecule has 2 heteroatoms. The number of imidazole rings is 1. The van der Waals surface area contributed by atoms with E-state index >= 15 is 0 Å². The standard InChI is InChI=1S/C28H54N2/c1-4-6-8-10-11-12-13-14-15-16-17-18-20-22-24-27(23-21-19-9-7-5-2)28-29-25-26-30(28)3/h25-27H,4-24H2,1-3H3/p+1/t27-/m0/s1. The maximum absolute atomic E-state index is 3.52. The number of aromatic nitrogens is 2. The van der Waals surface area contributed by atoms with Gasteiger partial charge in [-0.05, 0) is 12.8 Å². The summed E-state index contributed by atoms with van der Waals surface area (Å²) in [5.41, 5.74) is 0. The van der Waals surface area contributed by atoms with E-state index < -0.39 is 0 Å². The van der Waals surface area contributed by atoms with Crippen LogP contribution in [0, 0.1) is 0 Å². The van der Waals surface area contributed by atoms with Gasteiger partial charge in [-0.15, -0.1) is 0 Å². The largest absolute Gasteiger partial charge is 0.257 e. The van der Waals surface area contributed by atoms with Crippen LogP contribution in [-0.4, -0.2) is 4.98 Å². The smallest absolute Gasteiger partial charge is 0.247 e. The lowest BCUT2D eigenvalue weighted by atomic mass is 9.93. The SMILES string of the molecule is CCCCCCCCCCCCCCCC[C@H](CCCCCCC)c1[nH]cc[n+]1C. The average molecular weight is 420 g/mol. The summed E-state index contributed by atoms with van der Waals surface area (Å²) < 4.78 is 2.31. The molecule has 0 bridgehead atoms. The van der Waals surface area contributed by atoms with E-state index in [1.165, 1.54) is 141 Å². The number of aromatic amines is 1. The summed E-state index contributed by atoms with van der Waals surface area (Å²) in [5, 5.41) is 0. The molecule has 0 amide bonds. The molecule has 1 heterocycles. The second kappa shape index (κ2) is 20.1. The van der Waals surface area contributed by atoms with Crippen LogP contribution >= 0.6 is 0 Å². The van der Waals surface area contributed by atoms with Crippen molar-refractivity contribution < 1.29 is 4.57 Å². The normalized spacial score (nSPS) is 12.5. The van der Waals surface area contributed by atoms with E-state index in [2.05, 4.69) is 42.8 Å². The molecule has 176 valence electrons. The summed E-state index contributed by atoms with van der Waals surface area (Å²) in [4.78, 5) is 3.52. The van der Waals surface area contributed by atoms with Gasteiger partial charge < -0.3 is 0 Å². The Labute approximate surface area is 189 Å². The summed E-state index contributed by atoms with van der Waals surface area (Å²) in [6, 6.07) is 0. The highest BCUT2D eigenvalue weighted by molar-refractivity contribution is 4.89. The van der Waals surface area contributed by atoms with Gasteiger partial charge in [-0.3, -0.25) is 0 Å². The Hall–Kier alpha value is -0.790. The minimum atomic E-state index is 0.726. The molecule has 0 aliphatic heterocycles. The first-order chi connectivity index (χ1) is 14.8. The van der Waals surface area contributed by atoms with Crippen molar-refractivity contribution in [2.24, 2.45) is 7.05 Å². The van der Waals surface area contributed by atoms with Crippen LogP contribution in [0.5, 0.6) is 0 Å². The van der Waals surface area contributed by atoms with Crippen LogP contribution in [0.2, 0.25) is 0 Å². The van der Waals surface area contributed by atoms with Crippen molar-refractivity contribution in [3.05, 3.63) is 18.2 Å². The Morgan fingerprint density at radius 1 is 0.600 bits per heavy atom. The van der Waals surface area contributed by atoms with Crippen LogP contribution in [0.4, 0.5) is 0 Å². The van der Waals surface area contributed by atoms with Gasteiger partial charge in [0.05, 0.1) is 13.0 Å². The average Bonchev–Trinajstić information content (AvgIpc) is 3.18. The fourth-order valence-electron chi connectivity index (χ4n) is 4.82. The number of rotatable bonds is 22. The van der Waals surface area contributed by atoms with Crippen molar-refractivity contribution in [3.63, 3.8) is 0 Å². The molecule has 0 fully saturated rings. The molecule has 0 saturated heterocycles. The van der Waals surface area contributed by atoms with E-state index in [0.717, 1.165) is 5.92 Å². The van der Waals surface area contributed by atoms with E-state index in [9.17, 15) is 0 Å². The predicted molar refractivity (Wildman–Crippen MR) is 133 cm³/mol. The van der Waals surface area contributed by atoms with Crippen molar-refractivity contribution >= 4 is 0 Å². The summed E-state index contributed by atoms with van der Waals surface area (Å²) in [6.07, 6.45) is 34.2. The van der Waals surface area contributed by atoms with E-state index in [-0.39, 0.29) is 0 Å². The molecule has 0 aromatic carbocycles. The number of unbranched alkanes of at least 4 members (excludes halogenated alkanes) is 17. The molecule has 2 nitrogen and oxygen atoms in total. The third-order valence-electron chi connectivity index (χ3n) is 6.86. The molecule has 1 aromatic rings. The van der Waals surface area contributed by atoms with E-state index in [1.54, 1.807) is 0 Å². The van der Waals surface area contributed by atoms with Crippen LogP contribution in [0.1, 0.15) is 160 Å². The molecule has 1 aromatic heterocycles. The lowest BCUT2D eigenvalue weighted by Gasteiger charge is -2.13. The first kappa shape index (κ1) is 27.2. The van der Waals surface area contributed by atoms with Crippen LogP contribution < -0.4 is 4.57 Å². The number of hydrogen-bond donors (Lipinski definition) is 1. The fourth-order valence-corrected chi connectivity index (χ4v) is 4.82. The fraction of sp³-hybridized carbons (Fsp3) is 0.893. The van der Waals surface area contributed by atoms with E-state index in [1.807, 2.05) is 0 Å². The van der Waals surface area contributed by atoms with Gasteiger partial charge in [0.25, 0.3) is 5.82 Å². The summed E-state index contributed by atoms with van der Waals surface area (Å²) in [6.45, 7) is 4.60. The Bertz CT molecular complexity index is 465. The minimum absolute atomic E-state index is 0.726. The number of hydrogen-bond acceptors (Lipinski definition) is 0. The highest BCUT2D eigenvalue weighted by Crippen LogP contribution is 2.26. The third-order valence-corrected chi connectivity index (χ3v) is 6.86. The van der Waals surface area contributed by atoms with Crippen molar-refractivity contribution in [1.29, 1.82) is 0 Å². The second-order valence-electron chi connectivity index (χ2n) is 9.74. The molecule has 1 rings (SSSR count). The highest BCUT2D eigenvalue weighted by atomic mass is 15.0. The molecular formula is C28H55N2+. The molecule has 0 spiro atoms. The highest BCUT2D eigenvalue weighted by Gasteiger charge is 2.20. The summed E-state index contributed by atoms with van der Waals surface area (Å²) in [7, 11) is 2.20. The van der Waals surface area contributed by atoms with Gasteiger partial charge >= 0.3 is 0 Å². The van der Waals surface area contributed by atoms with Crippen molar-refractivity contribution in [2.45, 2.75) is 155 Å². The third kappa shape index (κ3) is 14.3. The number of nitrogens with one attached hydrogen (secondary N) is 1. The summed E-state index contributed by atoms with van der Waals surface area (Å²) >= 11 is 0. The lowest BCUT2D eigenvalue weighted by Crippen LogP contribution is -2.32. The molecular weight excluding hydrogens is 364 g/mol. The van der Waals surface area contributed by atoms with Crippen molar-refractivity contribution in [1.82, 2.24) is 4.98 Å². The van der Waals surface area contributed by atoms with Gasteiger partial charge in [-0.1, -0.05) is 136 Å². The van der Waals surface area contributed by atoms with E-state index in [0.29, 0.717) is 0 Å². The Morgan fingerprint density at radius 2 is 0.967 bits per heavy atom. The Balaban J connectivity index is 2.02. The number of aryl methyl sites for hydroxylation is 1. The molecule has 30 heavy (non-hydrogen) atoms. The van der Waals surface area contributed by atoms with Crippen molar-refractivity contribution in [2.75, 3.05) is 0 Å². The Kier molecular flexibility index (Phi) is 18.3. The van der Waals surface area contributed by atoms with Gasteiger partial charge in [-0.2, -0.15) is 0 Å². The topological polar surface area (TPSA) is 19.7 Å². The molecule has 1 N–H and O–H groups in total. The van der Waals surface area contributed by atoms with Crippen LogP contribution in [0.25, 0.3) is 0 Å². The zero-order chi connectivity index (χ0) is 21.7. The maximum atomic E-state index is 3.52. The van der Waals surface area contributed by atoms with Gasteiger partial charge in [0, 0.05) is 0 Å². The zero-order valence-corrected chi connectivity index (χ0v) is 21.0. The monoisotopic (exact) mass is 419 g/mol. The molecule has 1 atom stereocenters. The first-order valence-electron chi connectivity index (χ1n) is 13.8. The van der Waals surface area contributed by atoms with Gasteiger partial charge in [-0.25, -0.2) is 9.55 Å². The number of nitrogens with zero attached hydrogens (tertiary/aromatic N) is 1. The molecule has 0 aliphatic carbocycles. The Morgan fingerprint density at radius 3 is 1.30 bits per heavy atom. The second-order valence-corrected chi connectivity index (χ2v) is 9.74. The quantitative estimate of drug-likeness (QED) is 0.143. The molecule has 0 aliphatic rings. The number of H-pyrrole nitrogens is 1. The van der Waals surface area contributed by atoms with Gasteiger partial charge in [0.2, 0.25) is 0 Å². The van der Waals surface area contributed by atoms with Gasteiger partial charge in [0.1, 0.15) is 12.4 Å². The maximum Gasteiger partial charge on any atom is 0.257 e. The molecule has 0 unspecified atom stereocenters. The zero-order valence-electron chi connectivity index (χ0n) is 21.0. The first-order valence-corrected chi connectivity index (χ1v) is 13.8. The van der Waals surface area contributed by atoms with E-state index in [4.69, 9.17) is 0 Å². The van der Waals surface area contributed by atoms with Crippen molar-refractivity contribution in [3.8, 4) is 0 Å².